The number of benzene rings is 1. The molecule has 88 valence electrons. The van der Waals surface area contributed by atoms with E-state index in [1.54, 1.807) is 12.1 Å². The molecule has 1 N–H and O–H groups in total. The first kappa shape index (κ1) is 11.5. The maximum atomic E-state index is 14.2. The minimum Gasteiger partial charge on any atom is -0.317 e. The van der Waals surface area contributed by atoms with Crippen LogP contribution in [0.1, 0.15) is 31.0 Å². The van der Waals surface area contributed by atoms with E-state index in [2.05, 4.69) is 5.32 Å². The van der Waals surface area contributed by atoms with E-state index in [-0.39, 0.29) is 11.7 Å². The van der Waals surface area contributed by atoms with Gasteiger partial charge in [0.1, 0.15) is 12.0 Å². The summed E-state index contributed by atoms with van der Waals surface area (Å²) < 4.78 is 26.9. The molecule has 1 aliphatic heterocycles. The molecule has 1 heterocycles. The molecule has 1 nitrogen and oxygen atoms in total. The summed E-state index contributed by atoms with van der Waals surface area (Å²) in [6.07, 6.45) is 1.83. The van der Waals surface area contributed by atoms with Gasteiger partial charge in [0.2, 0.25) is 0 Å². The zero-order valence-electron chi connectivity index (χ0n) is 9.26. The van der Waals surface area contributed by atoms with Crippen molar-refractivity contribution in [3.8, 4) is 0 Å². The fourth-order valence-corrected chi connectivity index (χ4v) is 2.26. The molecule has 1 fully saturated rings. The molecular weight excluding hydrogens is 208 g/mol. The van der Waals surface area contributed by atoms with E-state index in [1.807, 2.05) is 0 Å². The summed E-state index contributed by atoms with van der Waals surface area (Å²) in [5.41, 5.74) is 0.605. The molecule has 0 spiro atoms. The van der Waals surface area contributed by atoms with Crippen LogP contribution >= 0.6 is 0 Å². The molecule has 16 heavy (non-hydrogen) atoms. The third kappa shape index (κ3) is 2.79. The third-order valence-electron chi connectivity index (χ3n) is 3.22. The lowest BCUT2D eigenvalue weighted by Crippen LogP contribution is -2.15. The normalized spacial score (nSPS) is 23.8. The Morgan fingerprint density at radius 2 is 1.88 bits per heavy atom. The van der Waals surface area contributed by atoms with Crippen molar-refractivity contribution < 1.29 is 8.78 Å². The predicted octanol–water partition coefficient (Wildman–Crippen LogP) is 3.23. The topological polar surface area (TPSA) is 12.0 Å². The third-order valence-corrected chi connectivity index (χ3v) is 3.22. The molecule has 0 radical (unpaired) electrons. The zero-order chi connectivity index (χ0) is 11.4. The first-order chi connectivity index (χ1) is 7.77. The summed E-state index contributed by atoms with van der Waals surface area (Å²) in [6.45, 7) is 1.86. The van der Waals surface area contributed by atoms with E-state index in [9.17, 15) is 8.78 Å². The van der Waals surface area contributed by atoms with Gasteiger partial charge in [-0.3, -0.25) is 0 Å². The average molecular weight is 225 g/mol. The Kier molecular flexibility index (Phi) is 3.88. The van der Waals surface area contributed by atoms with E-state index in [0.717, 1.165) is 32.4 Å². The van der Waals surface area contributed by atoms with Gasteiger partial charge in [0.25, 0.3) is 0 Å². The van der Waals surface area contributed by atoms with Crippen LogP contribution in [0.3, 0.4) is 0 Å². The highest BCUT2D eigenvalue weighted by atomic mass is 19.1. The number of nitrogens with one attached hydrogen (secondary N) is 1. The van der Waals surface area contributed by atoms with Crippen LogP contribution < -0.4 is 5.32 Å². The average Bonchev–Trinajstić information content (AvgIpc) is 2.57. The molecule has 3 heteroatoms. The number of rotatable bonds is 2. The minimum atomic E-state index is -0.958. The van der Waals surface area contributed by atoms with Crippen molar-refractivity contribution in [2.75, 3.05) is 13.1 Å². The summed E-state index contributed by atoms with van der Waals surface area (Å²) in [6, 6.07) is 5.77. The number of halogens is 2. The molecule has 1 saturated heterocycles. The molecule has 1 aromatic carbocycles. The molecule has 0 bridgehead atoms. The molecule has 0 aromatic heterocycles. The molecule has 2 atom stereocenters. The first-order valence-electron chi connectivity index (χ1n) is 5.87. The van der Waals surface area contributed by atoms with Crippen LogP contribution in [-0.4, -0.2) is 13.1 Å². The Balaban J connectivity index is 2.04. The highest BCUT2D eigenvalue weighted by Gasteiger charge is 2.23. The fraction of sp³-hybridized carbons (Fsp3) is 0.538. The molecular formula is C13H17F2N. The Labute approximate surface area is 94.9 Å². The van der Waals surface area contributed by atoms with Gasteiger partial charge in [0, 0.05) is 0 Å². The number of alkyl halides is 1. The van der Waals surface area contributed by atoms with Gasteiger partial charge in [-0.2, -0.15) is 0 Å². The molecule has 0 saturated carbocycles. The van der Waals surface area contributed by atoms with Gasteiger partial charge in [-0.25, -0.2) is 8.78 Å². The van der Waals surface area contributed by atoms with E-state index in [0.29, 0.717) is 5.56 Å². The molecule has 2 unspecified atom stereocenters. The number of hydrogen-bond acceptors (Lipinski definition) is 1. The van der Waals surface area contributed by atoms with Crippen molar-refractivity contribution >= 4 is 0 Å². The van der Waals surface area contributed by atoms with Gasteiger partial charge in [0.05, 0.1) is 0 Å². The largest absolute Gasteiger partial charge is 0.317 e. The highest BCUT2D eigenvalue weighted by molar-refractivity contribution is 5.19. The summed E-state index contributed by atoms with van der Waals surface area (Å²) in [5.74, 6) is -0.237. The van der Waals surface area contributed by atoms with Crippen molar-refractivity contribution in [3.05, 3.63) is 35.6 Å². The molecule has 1 aromatic rings. The van der Waals surface area contributed by atoms with Crippen molar-refractivity contribution in [1.29, 1.82) is 0 Å². The quantitative estimate of drug-likeness (QED) is 0.814. The van der Waals surface area contributed by atoms with Crippen LogP contribution in [0.4, 0.5) is 8.78 Å². The summed E-state index contributed by atoms with van der Waals surface area (Å²) in [5, 5.41) is 3.27. The maximum Gasteiger partial charge on any atom is 0.128 e. The maximum absolute atomic E-state index is 14.2. The summed E-state index contributed by atoms with van der Waals surface area (Å²) in [7, 11) is 0. The molecule has 0 aliphatic carbocycles. The van der Waals surface area contributed by atoms with E-state index < -0.39 is 6.17 Å². The first-order valence-corrected chi connectivity index (χ1v) is 5.87. The fourth-order valence-electron chi connectivity index (χ4n) is 2.26. The van der Waals surface area contributed by atoms with Crippen LogP contribution in [-0.2, 0) is 0 Å². The standard InChI is InChI=1S/C13H17F2N/c14-12-5-3-11(4-6-12)13(15)10-2-1-8-16-9-7-10/h3-6,10,13,16H,1-2,7-9H2. The smallest absolute Gasteiger partial charge is 0.128 e. The Morgan fingerprint density at radius 1 is 1.12 bits per heavy atom. The minimum absolute atomic E-state index is 0.0699. The van der Waals surface area contributed by atoms with Crippen molar-refractivity contribution in [1.82, 2.24) is 5.32 Å². The van der Waals surface area contributed by atoms with Gasteiger partial charge in [-0.05, 0) is 56.0 Å². The van der Waals surface area contributed by atoms with Gasteiger partial charge in [0.15, 0.2) is 0 Å². The Morgan fingerprint density at radius 3 is 2.62 bits per heavy atom. The summed E-state index contributed by atoms with van der Waals surface area (Å²) >= 11 is 0. The van der Waals surface area contributed by atoms with E-state index >= 15 is 0 Å². The zero-order valence-corrected chi connectivity index (χ0v) is 9.26. The molecule has 1 aliphatic rings. The number of hydrogen-bond donors (Lipinski definition) is 1. The van der Waals surface area contributed by atoms with Crippen LogP contribution in [0, 0.1) is 11.7 Å². The second-order valence-corrected chi connectivity index (χ2v) is 4.39. The van der Waals surface area contributed by atoms with E-state index in [1.165, 1.54) is 12.1 Å². The van der Waals surface area contributed by atoms with Crippen LogP contribution in [0.5, 0.6) is 0 Å². The SMILES string of the molecule is Fc1ccc(C(F)C2CCCNCC2)cc1. The van der Waals surface area contributed by atoms with Crippen molar-refractivity contribution in [2.24, 2.45) is 5.92 Å². The van der Waals surface area contributed by atoms with Crippen molar-refractivity contribution in [3.63, 3.8) is 0 Å². The monoisotopic (exact) mass is 225 g/mol. The Hall–Kier alpha value is -0.960. The van der Waals surface area contributed by atoms with Crippen LogP contribution in [0.15, 0.2) is 24.3 Å². The van der Waals surface area contributed by atoms with Crippen LogP contribution in [0.2, 0.25) is 0 Å². The Bertz CT molecular complexity index is 315. The van der Waals surface area contributed by atoms with Crippen LogP contribution in [0.25, 0.3) is 0 Å². The lowest BCUT2D eigenvalue weighted by molar-refractivity contribution is 0.215. The molecule has 2 rings (SSSR count). The lowest BCUT2D eigenvalue weighted by Gasteiger charge is -2.19. The molecule has 0 amide bonds. The van der Waals surface area contributed by atoms with Gasteiger partial charge >= 0.3 is 0 Å². The second kappa shape index (κ2) is 5.39. The van der Waals surface area contributed by atoms with Crippen molar-refractivity contribution in [2.45, 2.75) is 25.4 Å². The predicted molar refractivity (Wildman–Crippen MR) is 60.5 cm³/mol. The van der Waals surface area contributed by atoms with E-state index in [4.69, 9.17) is 0 Å². The van der Waals surface area contributed by atoms with Gasteiger partial charge in [-0.1, -0.05) is 12.1 Å². The second-order valence-electron chi connectivity index (χ2n) is 4.39. The van der Waals surface area contributed by atoms with Gasteiger partial charge < -0.3 is 5.32 Å². The summed E-state index contributed by atoms with van der Waals surface area (Å²) in [4.78, 5) is 0. The lowest BCUT2D eigenvalue weighted by atomic mass is 9.91. The highest BCUT2D eigenvalue weighted by Crippen LogP contribution is 2.32. The van der Waals surface area contributed by atoms with Gasteiger partial charge in [-0.15, -0.1) is 0 Å².